The number of amides is 1. The van der Waals surface area contributed by atoms with Crippen molar-refractivity contribution in [1.29, 1.82) is 0 Å². The number of ether oxygens (including phenoxy) is 1. The number of carbonyl (C=O) groups excluding carboxylic acids is 1. The largest absolute Gasteiger partial charge is 0.497 e. The fraction of sp³-hybridized carbons (Fsp3) is 0.316. The summed E-state index contributed by atoms with van der Waals surface area (Å²) < 4.78 is 30.3. The molecule has 0 spiro atoms. The van der Waals surface area contributed by atoms with Gasteiger partial charge in [0.05, 0.1) is 19.1 Å². The minimum Gasteiger partial charge on any atom is -0.497 e. The third-order valence-electron chi connectivity index (χ3n) is 4.02. The van der Waals surface area contributed by atoms with E-state index in [1.54, 1.807) is 24.3 Å². The van der Waals surface area contributed by atoms with E-state index >= 15 is 0 Å². The van der Waals surface area contributed by atoms with Crippen LogP contribution in [0.15, 0.2) is 54.6 Å². The van der Waals surface area contributed by atoms with E-state index in [2.05, 4.69) is 5.32 Å². The average molecular weight is 376 g/mol. The Labute approximate surface area is 154 Å². The molecule has 0 fully saturated rings. The van der Waals surface area contributed by atoms with E-state index in [9.17, 15) is 13.2 Å². The topological polar surface area (TPSA) is 75.7 Å². The van der Waals surface area contributed by atoms with Crippen LogP contribution < -0.4 is 14.4 Å². The highest BCUT2D eigenvalue weighted by Gasteiger charge is 2.21. The molecule has 1 unspecified atom stereocenters. The molecule has 140 valence electrons. The van der Waals surface area contributed by atoms with Gasteiger partial charge in [0.25, 0.3) is 0 Å². The number of sulfonamides is 1. The summed E-state index contributed by atoms with van der Waals surface area (Å²) in [5.41, 5.74) is 1.53. The van der Waals surface area contributed by atoms with Gasteiger partial charge in [-0.1, -0.05) is 37.3 Å². The lowest BCUT2D eigenvalue weighted by atomic mass is 10.0. The third kappa shape index (κ3) is 5.49. The molecular weight excluding hydrogens is 352 g/mol. The van der Waals surface area contributed by atoms with Gasteiger partial charge in [-0.15, -0.1) is 0 Å². The second-order valence-corrected chi connectivity index (χ2v) is 7.99. The zero-order chi connectivity index (χ0) is 19.2. The van der Waals surface area contributed by atoms with E-state index in [1.165, 1.54) is 7.11 Å². The minimum atomic E-state index is -3.59. The lowest BCUT2D eigenvalue weighted by Gasteiger charge is -2.22. The Bertz CT molecular complexity index is 820. The summed E-state index contributed by atoms with van der Waals surface area (Å²) in [7, 11) is -2.06. The van der Waals surface area contributed by atoms with Crippen molar-refractivity contribution in [3.05, 3.63) is 60.2 Å². The number of benzene rings is 2. The lowest BCUT2D eigenvalue weighted by molar-refractivity contribution is -0.119. The van der Waals surface area contributed by atoms with Crippen molar-refractivity contribution in [2.45, 2.75) is 12.8 Å². The number of hydrogen-bond donors (Lipinski definition) is 1. The number of nitrogens with one attached hydrogen (secondary N) is 1. The van der Waals surface area contributed by atoms with Crippen molar-refractivity contribution in [3.63, 3.8) is 0 Å². The van der Waals surface area contributed by atoms with Crippen molar-refractivity contribution >= 4 is 21.6 Å². The maximum absolute atomic E-state index is 12.3. The van der Waals surface area contributed by atoms with Gasteiger partial charge in [0.1, 0.15) is 12.3 Å². The molecule has 2 aromatic rings. The van der Waals surface area contributed by atoms with Crippen molar-refractivity contribution in [1.82, 2.24) is 5.32 Å². The van der Waals surface area contributed by atoms with Crippen LogP contribution in [0.25, 0.3) is 0 Å². The molecule has 0 bridgehead atoms. The van der Waals surface area contributed by atoms with E-state index < -0.39 is 10.0 Å². The van der Waals surface area contributed by atoms with E-state index in [1.807, 2.05) is 37.3 Å². The van der Waals surface area contributed by atoms with Crippen LogP contribution in [0.3, 0.4) is 0 Å². The molecule has 0 aromatic heterocycles. The molecule has 0 saturated heterocycles. The molecule has 0 aliphatic rings. The summed E-state index contributed by atoms with van der Waals surface area (Å²) in [5, 5.41) is 2.81. The van der Waals surface area contributed by atoms with Crippen molar-refractivity contribution in [2.24, 2.45) is 0 Å². The number of hydrogen-bond acceptors (Lipinski definition) is 4. The van der Waals surface area contributed by atoms with E-state index in [-0.39, 0.29) is 18.4 Å². The van der Waals surface area contributed by atoms with Gasteiger partial charge < -0.3 is 10.1 Å². The molecule has 0 aliphatic heterocycles. The molecule has 1 amide bonds. The minimum absolute atomic E-state index is 0.132. The second kappa shape index (κ2) is 8.71. The first-order chi connectivity index (χ1) is 12.3. The molecule has 2 rings (SSSR count). The van der Waals surface area contributed by atoms with Crippen LogP contribution in [0.1, 0.15) is 18.4 Å². The van der Waals surface area contributed by atoms with Crippen LogP contribution >= 0.6 is 0 Å². The fourth-order valence-electron chi connectivity index (χ4n) is 2.50. The first kappa shape index (κ1) is 19.8. The molecule has 1 atom stereocenters. The van der Waals surface area contributed by atoms with Gasteiger partial charge in [-0.2, -0.15) is 0 Å². The van der Waals surface area contributed by atoms with Gasteiger partial charge >= 0.3 is 0 Å². The third-order valence-corrected chi connectivity index (χ3v) is 5.16. The van der Waals surface area contributed by atoms with Crippen LogP contribution in [0, 0.1) is 0 Å². The predicted octanol–water partition coefficient (Wildman–Crippen LogP) is 2.38. The van der Waals surface area contributed by atoms with Crippen molar-refractivity contribution in [2.75, 3.05) is 30.8 Å². The van der Waals surface area contributed by atoms with Crippen LogP contribution in [-0.4, -0.2) is 40.8 Å². The standard InChI is InChI=1S/C19H24N2O4S/c1-15(16-7-5-4-6-8-16)13-20-19(22)14-21(26(3,23)24)17-9-11-18(25-2)12-10-17/h4-12,15H,13-14H2,1-3H3,(H,20,22). The lowest BCUT2D eigenvalue weighted by Crippen LogP contribution is -2.41. The summed E-state index contributed by atoms with van der Waals surface area (Å²) in [6.45, 7) is 2.17. The smallest absolute Gasteiger partial charge is 0.240 e. The summed E-state index contributed by atoms with van der Waals surface area (Å²) in [5.74, 6) is 0.394. The predicted molar refractivity (Wildman–Crippen MR) is 103 cm³/mol. The van der Waals surface area contributed by atoms with Gasteiger partial charge in [0, 0.05) is 6.54 Å². The quantitative estimate of drug-likeness (QED) is 0.767. The van der Waals surface area contributed by atoms with Gasteiger partial charge in [0.15, 0.2) is 0 Å². The number of rotatable bonds is 8. The highest BCUT2D eigenvalue weighted by molar-refractivity contribution is 7.92. The summed E-state index contributed by atoms with van der Waals surface area (Å²) in [6.07, 6.45) is 1.08. The SMILES string of the molecule is COc1ccc(N(CC(=O)NCC(C)c2ccccc2)S(C)(=O)=O)cc1. The van der Waals surface area contributed by atoms with E-state index in [4.69, 9.17) is 4.74 Å². The normalized spacial score (nSPS) is 12.3. The van der Waals surface area contributed by atoms with Crippen molar-refractivity contribution in [3.8, 4) is 5.75 Å². The summed E-state index contributed by atoms with van der Waals surface area (Å²) in [4.78, 5) is 12.3. The van der Waals surface area contributed by atoms with Crippen molar-refractivity contribution < 1.29 is 17.9 Å². The zero-order valence-corrected chi connectivity index (χ0v) is 16.0. The van der Waals surface area contributed by atoms with Gasteiger partial charge in [0.2, 0.25) is 15.9 Å². The summed E-state index contributed by atoms with van der Waals surface area (Å²) in [6, 6.07) is 16.4. The molecular formula is C19H24N2O4S. The Morgan fingerprint density at radius 3 is 2.27 bits per heavy atom. The first-order valence-electron chi connectivity index (χ1n) is 8.24. The van der Waals surface area contributed by atoms with E-state index in [0.29, 0.717) is 18.0 Å². The highest BCUT2D eigenvalue weighted by Crippen LogP contribution is 2.21. The van der Waals surface area contributed by atoms with Crippen LogP contribution in [0.4, 0.5) is 5.69 Å². The molecule has 7 heteroatoms. The van der Waals surface area contributed by atoms with Crippen LogP contribution in [0.2, 0.25) is 0 Å². The first-order valence-corrected chi connectivity index (χ1v) is 10.1. The Morgan fingerprint density at radius 2 is 1.73 bits per heavy atom. The van der Waals surface area contributed by atoms with Crippen LogP contribution in [-0.2, 0) is 14.8 Å². The van der Waals surface area contributed by atoms with Gasteiger partial charge in [-0.25, -0.2) is 8.42 Å². The average Bonchev–Trinajstić information content (AvgIpc) is 2.64. The molecule has 0 aliphatic carbocycles. The fourth-order valence-corrected chi connectivity index (χ4v) is 3.36. The number of carbonyl (C=O) groups is 1. The number of anilines is 1. The maximum Gasteiger partial charge on any atom is 0.240 e. The second-order valence-electron chi connectivity index (χ2n) is 6.08. The molecule has 26 heavy (non-hydrogen) atoms. The zero-order valence-electron chi connectivity index (χ0n) is 15.2. The summed E-state index contributed by atoms with van der Waals surface area (Å²) >= 11 is 0. The molecule has 1 N–H and O–H groups in total. The molecule has 6 nitrogen and oxygen atoms in total. The monoisotopic (exact) mass is 376 g/mol. The number of methoxy groups -OCH3 is 1. The molecule has 0 saturated carbocycles. The highest BCUT2D eigenvalue weighted by atomic mass is 32.2. The van der Waals surface area contributed by atoms with Gasteiger partial charge in [-0.3, -0.25) is 9.10 Å². The number of nitrogens with zero attached hydrogens (tertiary/aromatic N) is 1. The van der Waals surface area contributed by atoms with E-state index in [0.717, 1.165) is 16.1 Å². The molecule has 2 aromatic carbocycles. The Balaban J connectivity index is 2.02. The Kier molecular flexibility index (Phi) is 6.63. The maximum atomic E-state index is 12.3. The Morgan fingerprint density at radius 1 is 1.12 bits per heavy atom. The van der Waals surface area contributed by atoms with Gasteiger partial charge in [-0.05, 0) is 35.7 Å². The van der Waals surface area contributed by atoms with Crippen LogP contribution in [0.5, 0.6) is 5.75 Å². The Hall–Kier alpha value is -2.54. The molecule has 0 radical (unpaired) electrons. The molecule has 0 heterocycles.